The molecule has 0 radical (unpaired) electrons. The molecule has 0 atom stereocenters. The Morgan fingerprint density at radius 2 is 2.31 bits per heavy atom. The monoisotopic (exact) mass is 352 g/mol. The quantitative estimate of drug-likeness (QED) is 0.801. The van der Waals surface area contributed by atoms with Gasteiger partial charge in [-0.3, -0.25) is 5.10 Å². The van der Waals surface area contributed by atoms with Crippen molar-refractivity contribution >= 4 is 49.4 Å². The lowest BCUT2D eigenvalue weighted by Gasteiger charge is -2.01. The lowest BCUT2D eigenvalue weighted by atomic mass is 10.2. The van der Waals surface area contributed by atoms with E-state index in [1.807, 2.05) is 12.1 Å². The van der Waals surface area contributed by atoms with Crippen LogP contribution >= 0.6 is 38.5 Å². The van der Waals surface area contributed by atoms with Gasteiger partial charge in [0.15, 0.2) is 0 Å². The Morgan fingerprint density at radius 1 is 1.54 bits per heavy atom. The summed E-state index contributed by atoms with van der Waals surface area (Å²) in [5, 5.41) is 8.09. The molecule has 1 N–H and O–H groups in total. The van der Waals surface area contributed by atoms with Crippen LogP contribution in [0.2, 0.25) is 0 Å². The fraction of sp³-hybridized carbons (Fsp3) is 0.125. The summed E-state index contributed by atoms with van der Waals surface area (Å²) in [4.78, 5) is 0. The fourth-order valence-electron chi connectivity index (χ4n) is 1.20. The van der Waals surface area contributed by atoms with Gasteiger partial charge in [-0.1, -0.05) is 15.9 Å². The first kappa shape index (κ1) is 9.26. The molecule has 13 heavy (non-hydrogen) atoms. The first-order valence-electron chi connectivity index (χ1n) is 3.59. The fourth-order valence-corrected chi connectivity index (χ4v) is 2.29. The number of hydrogen-bond acceptors (Lipinski definition) is 2. The Hall–Kier alpha value is -0.300. The molecule has 68 valence electrons. The minimum atomic E-state index is 0.836. The predicted octanol–water partition coefficient (Wildman–Crippen LogP) is 2.94. The first-order valence-corrected chi connectivity index (χ1v) is 5.46. The van der Waals surface area contributed by atoms with E-state index in [1.54, 1.807) is 7.11 Å². The maximum atomic E-state index is 5.25. The summed E-state index contributed by atoms with van der Waals surface area (Å²) in [6.07, 6.45) is 0. The highest BCUT2D eigenvalue weighted by Crippen LogP contribution is 2.31. The summed E-state index contributed by atoms with van der Waals surface area (Å²) < 4.78 is 7.22. The Kier molecular flexibility index (Phi) is 2.46. The van der Waals surface area contributed by atoms with E-state index in [-0.39, 0.29) is 0 Å². The average Bonchev–Trinajstić information content (AvgIpc) is 2.46. The lowest BCUT2D eigenvalue weighted by Crippen LogP contribution is -1.84. The van der Waals surface area contributed by atoms with Crippen molar-refractivity contribution in [1.82, 2.24) is 10.2 Å². The van der Waals surface area contributed by atoms with Gasteiger partial charge in [-0.15, -0.1) is 0 Å². The van der Waals surface area contributed by atoms with Gasteiger partial charge in [-0.05, 0) is 34.7 Å². The third-order valence-corrected chi connectivity index (χ3v) is 3.00. The van der Waals surface area contributed by atoms with Crippen molar-refractivity contribution < 1.29 is 4.74 Å². The van der Waals surface area contributed by atoms with Gasteiger partial charge in [-0.25, -0.2) is 0 Å². The second-order valence-electron chi connectivity index (χ2n) is 2.54. The van der Waals surface area contributed by atoms with Crippen LogP contribution < -0.4 is 4.74 Å². The molecule has 0 fully saturated rings. The lowest BCUT2D eigenvalue weighted by molar-refractivity contribution is 0.419. The maximum Gasteiger partial charge on any atom is 0.132 e. The third kappa shape index (κ3) is 1.54. The SMILES string of the molecule is COc1cc(Br)cc2n[nH]c(I)c12. The van der Waals surface area contributed by atoms with Crippen molar-refractivity contribution in [2.45, 2.75) is 0 Å². The Morgan fingerprint density at radius 3 is 3.00 bits per heavy atom. The number of halogens is 2. The van der Waals surface area contributed by atoms with Crippen molar-refractivity contribution in [1.29, 1.82) is 0 Å². The smallest absolute Gasteiger partial charge is 0.132 e. The van der Waals surface area contributed by atoms with Crippen LogP contribution in [0.5, 0.6) is 5.75 Å². The predicted molar refractivity (Wildman–Crippen MR) is 63.1 cm³/mol. The molecule has 0 amide bonds. The van der Waals surface area contributed by atoms with Crippen molar-refractivity contribution in [2.75, 3.05) is 7.11 Å². The summed E-state index contributed by atoms with van der Waals surface area (Å²) in [5.74, 6) is 0.836. The largest absolute Gasteiger partial charge is 0.496 e. The number of benzene rings is 1. The van der Waals surface area contributed by atoms with E-state index in [2.05, 4.69) is 48.7 Å². The summed E-state index contributed by atoms with van der Waals surface area (Å²) in [6.45, 7) is 0. The molecule has 5 heteroatoms. The molecule has 0 unspecified atom stereocenters. The number of nitrogens with one attached hydrogen (secondary N) is 1. The van der Waals surface area contributed by atoms with Gasteiger partial charge in [0.2, 0.25) is 0 Å². The van der Waals surface area contributed by atoms with E-state index in [0.29, 0.717) is 0 Å². The highest BCUT2D eigenvalue weighted by Gasteiger charge is 2.09. The van der Waals surface area contributed by atoms with Crippen LogP contribution in [-0.2, 0) is 0 Å². The first-order chi connectivity index (χ1) is 6.22. The van der Waals surface area contributed by atoms with Crippen LogP contribution in [0, 0.1) is 3.70 Å². The molecule has 1 aromatic carbocycles. The zero-order valence-corrected chi connectivity index (χ0v) is 10.5. The van der Waals surface area contributed by atoms with E-state index < -0.39 is 0 Å². The van der Waals surface area contributed by atoms with Crippen molar-refractivity contribution in [3.05, 3.63) is 20.3 Å². The van der Waals surface area contributed by atoms with Crippen LogP contribution in [0.1, 0.15) is 0 Å². The average molecular weight is 353 g/mol. The van der Waals surface area contributed by atoms with E-state index in [0.717, 1.165) is 24.8 Å². The van der Waals surface area contributed by atoms with E-state index in [4.69, 9.17) is 4.74 Å². The third-order valence-electron chi connectivity index (χ3n) is 1.76. The molecule has 1 aromatic heterocycles. The van der Waals surface area contributed by atoms with E-state index >= 15 is 0 Å². The number of rotatable bonds is 1. The number of methoxy groups -OCH3 is 1. The minimum absolute atomic E-state index is 0.836. The standard InChI is InChI=1S/C8H6BrIN2O/c1-13-6-3-4(9)2-5-7(6)8(10)12-11-5/h2-3H,1H3,(H,11,12). The van der Waals surface area contributed by atoms with Crippen LogP contribution in [-0.4, -0.2) is 17.3 Å². The molecule has 0 saturated carbocycles. The van der Waals surface area contributed by atoms with Crippen molar-refractivity contribution in [3.63, 3.8) is 0 Å². The summed E-state index contributed by atoms with van der Waals surface area (Å²) in [6, 6.07) is 3.89. The van der Waals surface area contributed by atoms with Crippen LogP contribution in [0.3, 0.4) is 0 Å². The minimum Gasteiger partial charge on any atom is -0.496 e. The second kappa shape index (κ2) is 3.45. The second-order valence-corrected chi connectivity index (χ2v) is 4.53. The molecule has 0 bridgehead atoms. The van der Waals surface area contributed by atoms with Crippen molar-refractivity contribution in [2.24, 2.45) is 0 Å². The molecule has 3 nitrogen and oxygen atoms in total. The van der Waals surface area contributed by atoms with Gasteiger partial charge in [-0.2, -0.15) is 5.10 Å². The normalized spacial score (nSPS) is 10.7. The molecular formula is C8H6BrIN2O. The topological polar surface area (TPSA) is 37.9 Å². The number of aromatic amines is 1. The molecule has 0 aliphatic carbocycles. The molecule has 0 aliphatic heterocycles. The zero-order valence-electron chi connectivity index (χ0n) is 6.77. The van der Waals surface area contributed by atoms with Gasteiger partial charge in [0, 0.05) is 4.47 Å². The Bertz CT molecular complexity index is 455. The molecule has 2 rings (SSSR count). The van der Waals surface area contributed by atoms with E-state index in [9.17, 15) is 0 Å². The van der Waals surface area contributed by atoms with Crippen molar-refractivity contribution in [3.8, 4) is 5.75 Å². The number of ether oxygens (including phenoxy) is 1. The van der Waals surface area contributed by atoms with Crippen LogP contribution in [0.25, 0.3) is 10.9 Å². The highest BCUT2D eigenvalue weighted by atomic mass is 127. The number of fused-ring (bicyclic) bond motifs is 1. The summed E-state index contributed by atoms with van der Waals surface area (Å²) in [5.41, 5.74) is 0.913. The molecular weight excluding hydrogens is 347 g/mol. The zero-order chi connectivity index (χ0) is 9.42. The number of H-pyrrole nitrogens is 1. The van der Waals surface area contributed by atoms with Gasteiger partial charge in [0.25, 0.3) is 0 Å². The summed E-state index contributed by atoms with van der Waals surface area (Å²) in [7, 11) is 1.66. The van der Waals surface area contributed by atoms with Gasteiger partial charge in [0.05, 0.1) is 18.0 Å². The number of hydrogen-bond donors (Lipinski definition) is 1. The van der Waals surface area contributed by atoms with Gasteiger partial charge < -0.3 is 4.74 Å². The summed E-state index contributed by atoms with van der Waals surface area (Å²) >= 11 is 5.60. The van der Waals surface area contributed by atoms with Crippen LogP contribution in [0.4, 0.5) is 0 Å². The Balaban J connectivity index is 2.85. The number of aromatic nitrogens is 2. The molecule has 1 heterocycles. The van der Waals surface area contributed by atoms with Crippen LogP contribution in [0.15, 0.2) is 16.6 Å². The number of nitrogens with zero attached hydrogens (tertiary/aromatic N) is 1. The molecule has 0 aliphatic rings. The van der Waals surface area contributed by atoms with Gasteiger partial charge in [0.1, 0.15) is 9.45 Å². The van der Waals surface area contributed by atoms with E-state index in [1.165, 1.54) is 0 Å². The highest BCUT2D eigenvalue weighted by molar-refractivity contribution is 14.1. The molecule has 0 spiro atoms. The molecule has 2 aromatic rings. The molecule has 0 saturated heterocycles. The van der Waals surface area contributed by atoms with Gasteiger partial charge >= 0.3 is 0 Å². The maximum absolute atomic E-state index is 5.25. The Labute approximate surface area is 97.1 Å².